The molecule has 0 fully saturated rings. The van der Waals surface area contributed by atoms with E-state index < -0.39 is 0 Å². The Bertz CT molecular complexity index is 691. The van der Waals surface area contributed by atoms with Crippen molar-refractivity contribution >= 4 is 17.3 Å². The Kier molecular flexibility index (Phi) is 4.55. The molecule has 0 radical (unpaired) electrons. The highest BCUT2D eigenvalue weighted by molar-refractivity contribution is 6.30. The molecular weight excluding hydrogens is 280 g/mol. The maximum atomic E-state index is 9.21. The van der Waals surface area contributed by atoms with Gasteiger partial charge in [0, 0.05) is 11.1 Å². The quantitative estimate of drug-likeness (QED) is 0.833. The third kappa shape index (κ3) is 3.37. The molecule has 0 saturated heterocycles. The highest BCUT2D eigenvalue weighted by Crippen LogP contribution is 2.29. The lowest BCUT2D eigenvalue weighted by Gasteiger charge is -2.21. The van der Waals surface area contributed by atoms with Gasteiger partial charge in [-0.3, -0.25) is 0 Å². The van der Waals surface area contributed by atoms with E-state index in [-0.39, 0.29) is 6.04 Å². The van der Waals surface area contributed by atoms with Crippen LogP contribution in [0.15, 0.2) is 30.3 Å². The van der Waals surface area contributed by atoms with Crippen LogP contribution in [0.2, 0.25) is 5.02 Å². The van der Waals surface area contributed by atoms with Crippen LogP contribution in [-0.4, -0.2) is 0 Å². The SMILES string of the molecule is Cc1cc(C)c(C(C)Nc2cc(Cl)ccc2C#N)c(C)c1. The molecule has 0 bridgehead atoms. The van der Waals surface area contributed by atoms with Gasteiger partial charge in [0.15, 0.2) is 0 Å². The molecule has 0 aliphatic heterocycles. The number of hydrogen-bond donors (Lipinski definition) is 1. The van der Waals surface area contributed by atoms with Crippen molar-refractivity contribution in [2.45, 2.75) is 33.7 Å². The van der Waals surface area contributed by atoms with Crippen LogP contribution in [0.5, 0.6) is 0 Å². The van der Waals surface area contributed by atoms with Crippen LogP contribution in [0.4, 0.5) is 5.69 Å². The number of rotatable bonds is 3. The zero-order valence-corrected chi connectivity index (χ0v) is 13.5. The Labute approximate surface area is 131 Å². The maximum Gasteiger partial charge on any atom is 0.101 e. The van der Waals surface area contributed by atoms with Gasteiger partial charge < -0.3 is 5.32 Å². The first-order valence-corrected chi connectivity index (χ1v) is 7.34. The van der Waals surface area contributed by atoms with Gasteiger partial charge in [-0.15, -0.1) is 0 Å². The molecule has 2 rings (SSSR count). The minimum Gasteiger partial charge on any atom is -0.377 e. The number of halogens is 1. The summed E-state index contributed by atoms with van der Waals surface area (Å²) in [7, 11) is 0. The summed E-state index contributed by atoms with van der Waals surface area (Å²) in [5, 5.41) is 13.2. The van der Waals surface area contributed by atoms with Gasteiger partial charge in [-0.25, -0.2) is 0 Å². The summed E-state index contributed by atoms with van der Waals surface area (Å²) in [5.41, 5.74) is 6.43. The first-order valence-electron chi connectivity index (χ1n) is 6.96. The Balaban J connectivity index is 2.37. The standard InChI is InChI=1S/C18H19ClN2/c1-11-7-12(2)18(13(3)8-11)14(4)21-17-9-16(19)6-5-15(17)10-20/h5-9,14,21H,1-4H3. The van der Waals surface area contributed by atoms with Crippen molar-refractivity contribution in [3.63, 3.8) is 0 Å². The van der Waals surface area contributed by atoms with E-state index in [0.717, 1.165) is 5.69 Å². The van der Waals surface area contributed by atoms with Crippen LogP contribution in [0, 0.1) is 32.1 Å². The van der Waals surface area contributed by atoms with Crippen LogP contribution < -0.4 is 5.32 Å². The number of aryl methyl sites for hydroxylation is 3. The van der Waals surface area contributed by atoms with Crippen molar-refractivity contribution in [3.05, 3.63) is 63.2 Å². The first kappa shape index (κ1) is 15.4. The number of nitriles is 1. The van der Waals surface area contributed by atoms with Crippen LogP contribution in [-0.2, 0) is 0 Å². The summed E-state index contributed by atoms with van der Waals surface area (Å²) in [6, 6.07) is 12.0. The molecule has 0 aromatic heterocycles. The Morgan fingerprint density at radius 1 is 1.10 bits per heavy atom. The van der Waals surface area contributed by atoms with Gasteiger partial charge in [-0.2, -0.15) is 5.26 Å². The molecule has 2 aromatic carbocycles. The Morgan fingerprint density at radius 2 is 1.71 bits per heavy atom. The maximum absolute atomic E-state index is 9.21. The number of hydrogen-bond acceptors (Lipinski definition) is 2. The average molecular weight is 299 g/mol. The average Bonchev–Trinajstić information content (AvgIpc) is 2.37. The molecule has 0 aliphatic carbocycles. The van der Waals surface area contributed by atoms with E-state index in [2.05, 4.69) is 51.2 Å². The van der Waals surface area contributed by atoms with Crippen LogP contribution in [0.3, 0.4) is 0 Å². The minimum absolute atomic E-state index is 0.108. The van der Waals surface area contributed by atoms with E-state index in [1.807, 2.05) is 0 Å². The normalized spacial score (nSPS) is 11.8. The molecule has 2 aromatic rings. The molecule has 3 heteroatoms. The molecule has 21 heavy (non-hydrogen) atoms. The molecular formula is C18H19ClN2. The summed E-state index contributed by atoms with van der Waals surface area (Å²) in [6.45, 7) is 8.45. The van der Waals surface area contributed by atoms with Gasteiger partial charge in [-0.05, 0) is 62.6 Å². The van der Waals surface area contributed by atoms with E-state index in [1.165, 1.54) is 22.3 Å². The predicted molar refractivity (Wildman–Crippen MR) is 88.9 cm³/mol. The second-order valence-electron chi connectivity index (χ2n) is 5.48. The Hall–Kier alpha value is -1.98. The fourth-order valence-corrected chi connectivity index (χ4v) is 3.09. The van der Waals surface area contributed by atoms with Crippen molar-refractivity contribution in [1.29, 1.82) is 5.26 Å². The van der Waals surface area contributed by atoms with Crippen LogP contribution in [0.1, 0.15) is 40.8 Å². The van der Waals surface area contributed by atoms with E-state index in [1.54, 1.807) is 18.2 Å². The monoisotopic (exact) mass is 298 g/mol. The number of nitrogens with one attached hydrogen (secondary N) is 1. The lowest BCUT2D eigenvalue weighted by atomic mass is 9.94. The van der Waals surface area contributed by atoms with Gasteiger partial charge >= 0.3 is 0 Å². The van der Waals surface area contributed by atoms with Crippen molar-refractivity contribution in [1.82, 2.24) is 0 Å². The third-order valence-corrected chi connectivity index (χ3v) is 3.88. The molecule has 0 heterocycles. The van der Waals surface area contributed by atoms with Crippen molar-refractivity contribution in [2.24, 2.45) is 0 Å². The lowest BCUT2D eigenvalue weighted by molar-refractivity contribution is 0.861. The summed E-state index contributed by atoms with van der Waals surface area (Å²) in [5.74, 6) is 0. The number of benzene rings is 2. The molecule has 1 atom stereocenters. The third-order valence-electron chi connectivity index (χ3n) is 3.65. The van der Waals surface area contributed by atoms with Gasteiger partial charge in [0.05, 0.1) is 11.3 Å². The molecule has 1 N–H and O–H groups in total. The molecule has 2 nitrogen and oxygen atoms in total. The minimum atomic E-state index is 0.108. The Morgan fingerprint density at radius 3 is 2.29 bits per heavy atom. The summed E-state index contributed by atoms with van der Waals surface area (Å²) in [6.07, 6.45) is 0. The summed E-state index contributed by atoms with van der Waals surface area (Å²) in [4.78, 5) is 0. The molecule has 1 unspecified atom stereocenters. The number of anilines is 1. The molecule has 0 saturated carbocycles. The van der Waals surface area contributed by atoms with E-state index in [0.29, 0.717) is 10.6 Å². The van der Waals surface area contributed by atoms with E-state index in [4.69, 9.17) is 11.6 Å². The van der Waals surface area contributed by atoms with Gasteiger partial charge in [0.1, 0.15) is 6.07 Å². The zero-order valence-electron chi connectivity index (χ0n) is 12.8. The topological polar surface area (TPSA) is 35.8 Å². The van der Waals surface area contributed by atoms with Crippen LogP contribution in [0.25, 0.3) is 0 Å². The molecule has 0 aliphatic rings. The van der Waals surface area contributed by atoms with E-state index >= 15 is 0 Å². The molecule has 108 valence electrons. The summed E-state index contributed by atoms with van der Waals surface area (Å²) >= 11 is 6.04. The largest absolute Gasteiger partial charge is 0.377 e. The van der Waals surface area contributed by atoms with Gasteiger partial charge in [0.2, 0.25) is 0 Å². The first-order chi connectivity index (χ1) is 9.92. The van der Waals surface area contributed by atoms with Gasteiger partial charge in [0.25, 0.3) is 0 Å². The molecule has 0 amide bonds. The van der Waals surface area contributed by atoms with Gasteiger partial charge in [-0.1, -0.05) is 29.3 Å². The van der Waals surface area contributed by atoms with Crippen molar-refractivity contribution in [3.8, 4) is 6.07 Å². The fraction of sp³-hybridized carbons (Fsp3) is 0.278. The second-order valence-corrected chi connectivity index (χ2v) is 5.92. The van der Waals surface area contributed by atoms with Crippen molar-refractivity contribution < 1.29 is 0 Å². The van der Waals surface area contributed by atoms with E-state index in [9.17, 15) is 5.26 Å². The fourth-order valence-electron chi connectivity index (χ4n) is 2.91. The highest BCUT2D eigenvalue weighted by atomic mass is 35.5. The molecule has 0 spiro atoms. The number of nitrogens with zero attached hydrogens (tertiary/aromatic N) is 1. The smallest absolute Gasteiger partial charge is 0.101 e. The predicted octanol–water partition coefficient (Wildman–Crippen LogP) is 5.31. The zero-order chi connectivity index (χ0) is 15.6. The highest BCUT2D eigenvalue weighted by Gasteiger charge is 2.13. The second kappa shape index (κ2) is 6.20. The van der Waals surface area contributed by atoms with Crippen molar-refractivity contribution in [2.75, 3.05) is 5.32 Å². The summed E-state index contributed by atoms with van der Waals surface area (Å²) < 4.78 is 0. The van der Waals surface area contributed by atoms with Crippen LogP contribution >= 0.6 is 11.6 Å². The lowest BCUT2D eigenvalue weighted by Crippen LogP contribution is -2.11.